The summed E-state index contributed by atoms with van der Waals surface area (Å²) in [5.74, 6) is 2.83. The third kappa shape index (κ3) is 0.822. The van der Waals surface area contributed by atoms with Gasteiger partial charge in [0.15, 0.2) is 0 Å². The van der Waals surface area contributed by atoms with Crippen LogP contribution < -0.4 is 0 Å². The molecule has 2 bridgehead atoms. The maximum Gasteiger partial charge on any atom is 0.111 e. The van der Waals surface area contributed by atoms with Crippen molar-refractivity contribution in [3.8, 4) is 0 Å². The van der Waals surface area contributed by atoms with E-state index in [1.54, 1.807) is 6.26 Å². The molecule has 0 unspecified atom stereocenters. The Morgan fingerprint density at radius 2 is 2.00 bits per heavy atom. The standard InChI is InChI=1S/C12H14O/c1-2-13-12-10-6-7-11(12)9-5-3-4-8(9)10/h2-4,6-12H,1,5H2/t8-,9+,10-,11+,12+/m0/s1. The van der Waals surface area contributed by atoms with Crippen LogP contribution in [0.25, 0.3) is 0 Å². The first-order valence-corrected chi connectivity index (χ1v) is 5.03. The topological polar surface area (TPSA) is 9.23 Å². The Labute approximate surface area is 78.8 Å². The van der Waals surface area contributed by atoms with Crippen LogP contribution in [-0.4, -0.2) is 6.10 Å². The van der Waals surface area contributed by atoms with E-state index in [1.165, 1.54) is 6.42 Å². The van der Waals surface area contributed by atoms with Gasteiger partial charge in [-0.05, 0) is 18.3 Å². The van der Waals surface area contributed by atoms with Crippen LogP contribution in [0.1, 0.15) is 6.42 Å². The van der Waals surface area contributed by atoms with E-state index < -0.39 is 0 Å². The van der Waals surface area contributed by atoms with E-state index in [2.05, 4.69) is 30.9 Å². The fourth-order valence-electron chi connectivity index (χ4n) is 3.28. The van der Waals surface area contributed by atoms with E-state index in [0.717, 1.165) is 11.8 Å². The molecule has 3 aliphatic carbocycles. The van der Waals surface area contributed by atoms with E-state index in [-0.39, 0.29) is 0 Å². The minimum atomic E-state index is 0.387. The monoisotopic (exact) mass is 174 g/mol. The summed E-state index contributed by atoms with van der Waals surface area (Å²) >= 11 is 0. The van der Waals surface area contributed by atoms with Gasteiger partial charge in [-0.15, -0.1) is 0 Å². The van der Waals surface area contributed by atoms with Crippen LogP contribution in [0, 0.1) is 23.7 Å². The van der Waals surface area contributed by atoms with Crippen molar-refractivity contribution < 1.29 is 4.74 Å². The molecule has 1 heteroatoms. The molecule has 1 saturated carbocycles. The van der Waals surface area contributed by atoms with E-state index in [9.17, 15) is 0 Å². The second-order valence-corrected chi connectivity index (χ2v) is 4.21. The Kier molecular flexibility index (Phi) is 1.43. The van der Waals surface area contributed by atoms with Gasteiger partial charge < -0.3 is 4.74 Å². The molecule has 0 heterocycles. The lowest BCUT2D eigenvalue weighted by Crippen LogP contribution is -2.18. The van der Waals surface area contributed by atoms with Gasteiger partial charge in [0.25, 0.3) is 0 Å². The van der Waals surface area contributed by atoms with E-state index in [0.29, 0.717) is 17.9 Å². The van der Waals surface area contributed by atoms with E-state index in [4.69, 9.17) is 4.74 Å². The van der Waals surface area contributed by atoms with Gasteiger partial charge in [-0.3, -0.25) is 0 Å². The lowest BCUT2D eigenvalue weighted by atomic mass is 9.86. The van der Waals surface area contributed by atoms with Gasteiger partial charge in [0.1, 0.15) is 6.10 Å². The molecule has 0 amide bonds. The third-order valence-electron chi connectivity index (χ3n) is 3.77. The zero-order valence-electron chi connectivity index (χ0n) is 7.60. The van der Waals surface area contributed by atoms with Gasteiger partial charge in [-0.1, -0.05) is 30.9 Å². The predicted molar refractivity (Wildman–Crippen MR) is 51.9 cm³/mol. The fraction of sp³-hybridized carbons (Fsp3) is 0.500. The highest BCUT2D eigenvalue weighted by Gasteiger charge is 2.52. The molecule has 0 aromatic carbocycles. The van der Waals surface area contributed by atoms with Crippen LogP contribution in [0.15, 0.2) is 37.1 Å². The molecule has 5 atom stereocenters. The van der Waals surface area contributed by atoms with Crippen molar-refractivity contribution in [1.29, 1.82) is 0 Å². The highest BCUT2D eigenvalue weighted by molar-refractivity contribution is 5.25. The maximum absolute atomic E-state index is 5.59. The Morgan fingerprint density at radius 3 is 2.77 bits per heavy atom. The summed E-state index contributed by atoms with van der Waals surface area (Å²) in [5.41, 5.74) is 0. The Bertz CT molecular complexity index is 289. The van der Waals surface area contributed by atoms with Crippen LogP contribution in [0.3, 0.4) is 0 Å². The van der Waals surface area contributed by atoms with Crippen molar-refractivity contribution in [3.63, 3.8) is 0 Å². The number of fused-ring (bicyclic) bond motifs is 5. The number of allylic oxidation sites excluding steroid dienone is 2. The van der Waals surface area contributed by atoms with Gasteiger partial charge >= 0.3 is 0 Å². The van der Waals surface area contributed by atoms with E-state index >= 15 is 0 Å². The minimum absolute atomic E-state index is 0.387. The van der Waals surface area contributed by atoms with Crippen LogP contribution in [0.2, 0.25) is 0 Å². The molecule has 0 saturated heterocycles. The van der Waals surface area contributed by atoms with Crippen LogP contribution >= 0.6 is 0 Å². The minimum Gasteiger partial charge on any atom is -0.497 e. The highest BCUT2D eigenvalue weighted by atomic mass is 16.5. The lowest BCUT2D eigenvalue weighted by molar-refractivity contribution is 0.104. The molecule has 0 aromatic rings. The average Bonchev–Trinajstić information content (AvgIpc) is 2.75. The second-order valence-electron chi connectivity index (χ2n) is 4.21. The zero-order chi connectivity index (χ0) is 8.84. The molecule has 3 rings (SSSR count). The van der Waals surface area contributed by atoms with Crippen molar-refractivity contribution >= 4 is 0 Å². The summed E-state index contributed by atoms with van der Waals surface area (Å²) in [4.78, 5) is 0. The van der Waals surface area contributed by atoms with Gasteiger partial charge in [0.05, 0.1) is 6.26 Å². The fourth-order valence-corrected chi connectivity index (χ4v) is 3.28. The Balaban J connectivity index is 1.90. The van der Waals surface area contributed by atoms with Crippen molar-refractivity contribution in [2.24, 2.45) is 23.7 Å². The molecule has 0 radical (unpaired) electrons. The summed E-state index contributed by atoms with van der Waals surface area (Å²) in [5, 5.41) is 0. The molecule has 0 spiro atoms. The van der Waals surface area contributed by atoms with Crippen LogP contribution in [0.4, 0.5) is 0 Å². The molecule has 3 aliphatic rings. The highest BCUT2D eigenvalue weighted by Crippen LogP contribution is 2.53. The molecule has 1 nitrogen and oxygen atoms in total. The molecule has 0 N–H and O–H groups in total. The quantitative estimate of drug-likeness (QED) is 0.461. The number of hydrogen-bond acceptors (Lipinski definition) is 1. The number of hydrogen-bond donors (Lipinski definition) is 0. The van der Waals surface area contributed by atoms with Crippen molar-refractivity contribution in [3.05, 3.63) is 37.1 Å². The van der Waals surface area contributed by atoms with Gasteiger partial charge in [-0.2, -0.15) is 0 Å². The predicted octanol–water partition coefficient (Wildman–Crippen LogP) is 2.52. The smallest absolute Gasteiger partial charge is 0.111 e. The summed E-state index contributed by atoms with van der Waals surface area (Å²) in [7, 11) is 0. The summed E-state index contributed by atoms with van der Waals surface area (Å²) < 4.78 is 5.59. The Hall–Kier alpha value is -0.980. The largest absolute Gasteiger partial charge is 0.497 e. The van der Waals surface area contributed by atoms with Crippen molar-refractivity contribution in [2.45, 2.75) is 12.5 Å². The first-order chi connectivity index (χ1) is 6.42. The number of ether oxygens (including phenoxy) is 1. The summed E-state index contributed by atoms with van der Waals surface area (Å²) in [6.45, 7) is 3.65. The summed E-state index contributed by atoms with van der Waals surface area (Å²) in [6, 6.07) is 0. The van der Waals surface area contributed by atoms with Gasteiger partial charge in [-0.25, -0.2) is 0 Å². The van der Waals surface area contributed by atoms with Gasteiger partial charge in [0.2, 0.25) is 0 Å². The first kappa shape index (κ1) is 7.43. The molecule has 13 heavy (non-hydrogen) atoms. The lowest BCUT2D eigenvalue weighted by Gasteiger charge is -2.18. The maximum atomic E-state index is 5.59. The van der Waals surface area contributed by atoms with E-state index in [1.807, 2.05) is 0 Å². The van der Waals surface area contributed by atoms with Crippen molar-refractivity contribution in [2.75, 3.05) is 0 Å². The number of rotatable bonds is 2. The van der Waals surface area contributed by atoms with Crippen LogP contribution in [0.5, 0.6) is 0 Å². The normalized spacial score (nSPS) is 49.7. The molecular weight excluding hydrogens is 160 g/mol. The molecule has 68 valence electrons. The van der Waals surface area contributed by atoms with Crippen LogP contribution in [-0.2, 0) is 4.74 Å². The molecular formula is C12H14O. The summed E-state index contributed by atoms with van der Waals surface area (Å²) in [6.07, 6.45) is 12.6. The molecule has 1 fully saturated rings. The third-order valence-corrected chi connectivity index (χ3v) is 3.77. The first-order valence-electron chi connectivity index (χ1n) is 5.03. The molecule has 0 aromatic heterocycles. The zero-order valence-corrected chi connectivity index (χ0v) is 7.60. The second kappa shape index (κ2) is 2.50. The van der Waals surface area contributed by atoms with Crippen molar-refractivity contribution in [1.82, 2.24) is 0 Å². The molecule has 0 aliphatic heterocycles. The SMILES string of the molecule is C=CO[C@H]1[C@@H]2C=C[C@H]1[C@H]1C=CC[C@H]12. The van der Waals surface area contributed by atoms with Gasteiger partial charge in [0, 0.05) is 11.8 Å². The Morgan fingerprint density at radius 1 is 1.15 bits per heavy atom. The average molecular weight is 174 g/mol.